The van der Waals surface area contributed by atoms with Crippen LogP contribution in [0.15, 0.2) is 30.5 Å². The summed E-state index contributed by atoms with van der Waals surface area (Å²) in [6.07, 6.45) is 3.18. The van der Waals surface area contributed by atoms with Crippen molar-refractivity contribution in [3.63, 3.8) is 0 Å². The smallest absolute Gasteiger partial charge is 0.288 e. The molecule has 1 aliphatic heterocycles. The van der Waals surface area contributed by atoms with Gasteiger partial charge in [0, 0.05) is 57.4 Å². The van der Waals surface area contributed by atoms with E-state index < -0.39 is 5.91 Å². The Kier molecular flexibility index (Phi) is 9.92. The predicted molar refractivity (Wildman–Crippen MR) is 137 cm³/mol. The fourth-order valence-electron chi connectivity index (χ4n) is 3.89. The van der Waals surface area contributed by atoms with E-state index in [0.29, 0.717) is 24.1 Å². The number of halogens is 1. The second-order valence-electron chi connectivity index (χ2n) is 8.30. The van der Waals surface area contributed by atoms with Crippen LogP contribution in [0.25, 0.3) is 0 Å². The summed E-state index contributed by atoms with van der Waals surface area (Å²) in [5, 5.41) is 5.18. The highest BCUT2D eigenvalue weighted by atomic mass is 35.5. The van der Waals surface area contributed by atoms with Crippen molar-refractivity contribution in [2.75, 3.05) is 63.1 Å². The normalized spacial score (nSPS) is 13.9. The number of anilines is 2. The van der Waals surface area contributed by atoms with Gasteiger partial charge in [0.2, 0.25) is 11.9 Å². The highest BCUT2D eigenvalue weighted by molar-refractivity contribution is 6.30. The van der Waals surface area contributed by atoms with Crippen LogP contribution in [0.5, 0.6) is 5.75 Å². The second-order valence-corrected chi connectivity index (χ2v) is 8.74. The number of hydrogen-bond acceptors (Lipinski definition) is 8. The van der Waals surface area contributed by atoms with Gasteiger partial charge in [-0.1, -0.05) is 18.5 Å². The van der Waals surface area contributed by atoms with Crippen LogP contribution in [0.2, 0.25) is 5.02 Å². The standard InChI is InChI=1S/C24H34ClN7O3/c1-4-11-32(18(2)33)29-23(34)20-8-10-27-24(28-20)26-9-5-12-30-13-15-31(16-14-30)21-17-19(25)6-7-22(21)35-3/h6-8,10,17H,4-5,9,11-16H2,1-3H3,(H,29,34)(H,26,27,28). The Morgan fingerprint density at radius 1 is 1.20 bits per heavy atom. The van der Waals surface area contributed by atoms with Gasteiger partial charge in [0.25, 0.3) is 5.91 Å². The molecule has 0 spiro atoms. The first-order chi connectivity index (χ1) is 16.9. The topological polar surface area (TPSA) is 103 Å². The molecule has 0 aliphatic carbocycles. The van der Waals surface area contributed by atoms with Crippen molar-refractivity contribution in [2.45, 2.75) is 26.7 Å². The number of carbonyl (C=O) groups is 2. The predicted octanol–water partition coefficient (Wildman–Crippen LogP) is 2.67. The molecule has 2 N–H and O–H groups in total. The van der Waals surface area contributed by atoms with Crippen molar-refractivity contribution in [1.82, 2.24) is 25.3 Å². The van der Waals surface area contributed by atoms with E-state index >= 15 is 0 Å². The van der Waals surface area contributed by atoms with Gasteiger partial charge in [0.05, 0.1) is 12.8 Å². The van der Waals surface area contributed by atoms with Crippen molar-refractivity contribution < 1.29 is 14.3 Å². The Morgan fingerprint density at radius 3 is 2.66 bits per heavy atom. The van der Waals surface area contributed by atoms with Gasteiger partial charge in [-0.2, -0.15) is 0 Å². The summed E-state index contributed by atoms with van der Waals surface area (Å²) in [5.74, 6) is 0.566. The molecule has 2 amide bonds. The minimum absolute atomic E-state index is 0.206. The maximum Gasteiger partial charge on any atom is 0.288 e. The van der Waals surface area contributed by atoms with Gasteiger partial charge in [0.15, 0.2) is 0 Å². The van der Waals surface area contributed by atoms with Gasteiger partial charge in [-0.3, -0.25) is 24.9 Å². The number of carbonyl (C=O) groups excluding carboxylic acids is 2. The molecule has 0 radical (unpaired) electrons. The van der Waals surface area contributed by atoms with Crippen molar-refractivity contribution in [3.8, 4) is 5.75 Å². The summed E-state index contributed by atoms with van der Waals surface area (Å²) >= 11 is 6.18. The number of rotatable bonds is 10. The fraction of sp³-hybridized carbons (Fsp3) is 0.500. The highest BCUT2D eigenvalue weighted by Crippen LogP contribution is 2.31. The lowest BCUT2D eigenvalue weighted by atomic mass is 10.2. The maximum absolute atomic E-state index is 12.5. The van der Waals surface area contributed by atoms with E-state index in [0.717, 1.165) is 57.0 Å². The van der Waals surface area contributed by atoms with E-state index in [2.05, 4.69) is 30.5 Å². The molecule has 35 heavy (non-hydrogen) atoms. The molecule has 190 valence electrons. The first kappa shape index (κ1) is 26.5. The lowest BCUT2D eigenvalue weighted by Gasteiger charge is -2.36. The Balaban J connectivity index is 1.42. The summed E-state index contributed by atoms with van der Waals surface area (Å²) in [5.41, 5.74) is 3.83. The van der Waals surface area contributed by atoms with Gasteiger partial charge in [-0.05, 0) is 43.7 Å². The first-order valence-electron chi connectivity index (χ1n) is 11.9. The largest absolute Gasteiger partial charge is 0.495 e. The molecule has 0 unspecified atom stereocenters. The van der Waals surface area contributed by atoms with E-state index in [1.807, 2.05) is 25.1 Å². The number of ether oxygens (including phenoxy) is 1. The van der Waals surface area contributed by atoms with Crippen LogP contribution in [0.4, 0.5) is 11.6 Å². The van der Waals surface area contributed by atoms with Gasteiger partial charge in [-0.15, -0.1) is 0 Å². The van der Waals surface area contributed by atoms with Crippen molar-refractivity contribution in [3.05, 3.63) is 41.2 Å². The van der Waals surface area contributed by atoms with Crippen LogP contribution in [0, 0.1) is 0 Å². The number of aromatic nitrogens is 2. The molecule has 0 bridgehead atoms. The summed E-state index contributed by atoms with van der Waals surface area (Å²) in [7, 11) is 1.68. The molecule has 0 saturated carbocycles. The Bertz CT molecular complexity index is 999. The van der Waals surface area contributed by atoms with E-state index in [-0.39, 0.29) is 11.6 Å². The Hall–Kier alpha value is -3.11. The molecule has 1 aromatic heterocycles. The zero-order chi connectivity index (χ0) is 25.2. The molecule has 10 nitrogen and oxygen atoms in total. The third-order valence-electron chi connectivity index (χ3n) is 5.74. The molecule has 1 saturated heterocycles. The number of hydrogen-bond donors (Lipinski definition) is 2. The molecular weight excluding hydrogens is 470 g/mol. The van der Waals surface area contributed by atoms with Crippen LogP contribution in [0.1, 0.15) is 37.2 Å². The number of piperazine rings is 1. The summed E-state index contributed by atoms with van der Waals surface area (Å²) in [4.78, 5) is 37.3. The minimum Gasteiger partial charge on any atom is -0.495 e. The average Bonchev–Trinajstić information content (AvgIpc) is 2.86. The zero-order valence-electron chi connectivity index (χ0n) is 20.6. The van der Waals surface area contributed by atoms with E-state index in [4.69, 9.17) is 16.3 Å². The second kappa shape index (κ2) is 13.1. The number of methoxy groups -OCH3 is 1. The first-order valence-corrected chi connectivity index (χ1v) is 12.3. The molecule has 2 aromatic rings. The van der Waals surface area contributed by atoms with Crippen LogP contribution >= 0.6 is 11.6 Å². The Labute approximate surface area is 211 Å². The number of amides is 2. The number of nitrogens with one attached hydrogen (secondary N) is 2. The molecule has 1 aliphatic rings. The van der Waals surface area contributed by atoms with Gasteiger partial charge >= 0.3 is 0 Å². The summed E-state index contributed by atoms with van der Waals surface area (Å²) in [6.45, 7) is 9.12. The monoisotopic (exact) mass is 503 g/mol. The highest BCUT2D eigenvalue weighted by Gasteiger charge is 2.20. The Morgan fingerprint density at radius 2 is 1.97 bits per heavy atom. The molecule has 0 atom stereocenters. The molecule has 3 rings (SSSR count). The molecular formula is C24H34ClN7O3. The van der Waals surface area contributed by atoms with Gasteiger partial charge in [0.1, 0.15) is 11.4 Å². The van der Waals surface area contributed by atoms with E-state index in [9.17, 15) is 9.59 Å². The maximum atomic E-state index is 12.5. The van der Waals surface area contributed by atoms with Crippen molar-refractivity contribution in [1.29, 1.82) is 0 Å². The van der Waals surface area contributed by atoms with E-state index in [1.54, 1.807) is 7.11 Å². The van der Waals surface area contributed by atoms with Gasteiger partial charge < -0.3 is 15.0 Å². The SMILES string of the molecule is CCCN(NC(=O)c1ccnc(NCCCN2CCN(c3cc(Cl)ccc3OC)CC2)n1)C(C)=O. The third-order valence-corrected chi connectivity index (χ3v) is 5.98. The molecule has 11 heteroatoms. The quantitative estimate of drug-likeness (QED) is 0.377. The molecule has 1 fully saturated rings. The molecule has 2 heterocycles. The minimum atomic E-state index is -0.437. The van der Waals surface area contributed by atoms with Crippen LogP contribution in [-0.2, 0) is 4.79 Å². The number of benzene rings is 1. The lowest BCUT2D eigenvalue weighted by Crippen LogP contribution is -2.47. The zero-order valence-corrected chi connectivity index (χ0v) is 21.3. The van der Waals surface area contributed by atoms with Crippen molar-refractivity contribution in [2.24, 2.45) is 0 Å². The number of hydrazine groups is 1. The summed E-state index contributed by atoms with van der Waals surface area (Å²) < 4.78 is 5.49. The molecule has 1 aromatic carbocycles. The van der Waals surface area contributed by atoms with Crippen LogP contribution in [-0.4, -0.2) is 84.6 Å². The summed E-state index contributed by atoms with van der Waals surface area (Å²) in [6, 6.07) is 7.22. The fourth-order valence-corrected chi connectivity index (χ4v) is 4.06. The lowest BCUT2D eigenvalue weighted by molar-refractivity contribution is -0.131. The van der Waals surface area contributed by atoms with E-state index in [1.165, 1.54) is 24.2 Å². The number of nitrogens with zero attached hydrogens (tertiary/aromatic N) is 5. The van der Waals surface area contributed by atoms with Crippen LogP contribution < -0.4 is 20.4 Å². The van der Waals surface area contributed by atoms with Gasteiger partial charge in [-0.25, -0.2) is 9.97 Å². The van der Waals surface area contributed by atoms with Crippen LogP contribution in [0.3, 0.4) is 0 Å². The third kappa shape index (κ3) is 7.69. The average molecular weight is 504 g/mol. The van der Waals surface area contributed by atoms with Crippen molar-refractivity contribution >= 4 is 35.1 Å².